The van der Waals surface area contributed by atoms with Gasteiger partial charge in [-0.1, -0.05) is 0 Å². The maximum Gasteiger partial charge on any atom is 0.323 e. The zero-order valence-electron chi connectivity index (χ0n) is 10.2. The Bertz CT molecular complexity index is 785. The van der Waals surface area contributed by atoms with Gasteiger partial charge in [0.05, 0.1) is 35.2 Å². The fourth-order valence-electron chi connectivity index (χ4n) is 1.94. The fraction of sp³-hybridized carbons (Fsp3) is 0.167. The average molecular weight is 322 g/mol. The second-order valence-corrected chi connectivity index (χ2v) is 5.16. The van der Waals surface area contributed by atoms with E-state index in [1.165, 1.54) is 0 Å². The highest BCUT2D eigenvalue weighted by molar-refractivity contribution is 9.10. The minimum Gasteiger partial charge on any atom is -0.378 e. The second-order valence-electron chi connectivity index (χ2n) is 4.30. The number of H-pyrrole nitrogens is 3. The standard InChI is InChI=1S/C12H12BrN5O/c1-6-14-4-7(16-6)5-15-9-3-11-10(2-8(9)13)17-12(19)18-11/h2-4,15H,5H2,1H3,(H,14,16)(H2,17,18,19). The average Bonchev–Trinajstić information content (AvgIpc) is 2.91. The van der Waals surface area contributed by atoms with Crippen LogP contribution in [0.15, 0.2) is 27.6 Å². The quantitative estimate of drug-likeness (QED) is 0.596. The molecule has 4 N–H and O–H groups in total. The van der Waals surface area contributed by atoms with E-state index in [1.807, 2.05) is 19.1 Å². The molecule has 0 fully saturated rings. The van der Waals surface area contributed by atoms with Crippen LogP contribution in [-0.2, 0) is 6.54 Å². The van der Waals surface area contributed by atoms with E-state index in [4.69, 9.17) is 0 Å². The Morgan fingerprint density at radius 3 is 2.68 bits per heavy atom. The molecule has 0 aliphatic rings. The van der Waals surface area contributed by atoms with Gasteiger partial charge in [-0.25, -0.2) is 9.78 Å². The van der Waals surface area contributed by atoms with Crippen LogP contribution in [0.4, 0.5) is 5.69 Å². The molecule has 0 amide bonds. The van der Waals surface area contributed by atoms with Crippen LogP contribution in [0.5, 0.6) is 0 Å². The number of benzene rings is 1. The summed E-state index contributed by atoms with van der Waals surface area (Å²) in [6.07, 6.45) is 1.80. The van der Waals surface area contributed by atoms with Crippen LogP contribution in [-0.4, -0.2) is 19.9 Å². The molecule has 0 saturated heterocycles. The largest absolute Gasteiger partial charge is 0.378 e. The lowest BCUT2D eigenvalue weighted by Crippen LogP contribution is -2.00. The molecule has 6 nitrogen and oxygen atoms in total. The Morgan fingerprint density at radius 2 is 2.00 bits per heavy atom. The van der Waals surface area contributed by atoms with Crippen molar-refractivity contribution in [3.63, 3.8) is 0 Å². The minimum atomic E-state index is -0.205. The van der Waals surface area contributed by atoms with E-state index < -0.39 is 0 Å². The van der Waals surface area contributed by atoms with E-state index in [2.05, 4.69) is 41.2 Å². The molecule has 0 unspecified atom stereocenters. The predicted octanol–water partition coefficient (Wildman–Crippen LogP) is 2.26. The third kappa shape index (κ3) is 2.41. The maximum absolute atomic E-state index is 11.2. The molecule has 0 aliphatic carbocycles. The van der Waals surface area contributed by atoms with E-state index in [9.17, 15) is 4.79 Å². The number of halogens is 1. The molecular formula is C12H12BrN5O. The molecule has 3 aromatic rings. The van der Waals surface area contributed by atoms with Crippen LogP contribution in [0, 0.1) is 6.92 Å². The molecule has 1 aromatic carbocycles. The van der Waals surface area contributed by atoms with Crippen LogP contribution in [0.1, 0.15) is 11.5 Å². The summed E-state index contributed by atoms with van der Waals surface area (Å²) in [5, 5.41) is 3.29. The minimum absolute atomic E-state index is 0.205. The Morgan fingerprint density at radius 1 is 1.26 bits per heavy atom. The van der Waals surface area contributed by atoms with Gasteiger partial charge in [-0.2, -0.15) is 0 Å². The summed E-state index contributed by atoms with van der Waals surface area (Å²) < 4.78 is 0.895. The van der Waals surface area contributed by atoms with Crippen LogP contribution < -0.4 is 11.0 Å². The number of aryl methyl sites for hydroxylation is 1. The van der Waals surface area contributed by atoms with Gasteiger partial charge in [-0.15, -0.1) is 0 Å². The normalized spacial score (nSPS) is 11.1. The summed E-state index contributed by atoms with van der Waals surface area (Å²) >= 11 is 3.48. The van der Waals surface area contributed by atoms with Gasteiger partial charge in [0.2, 0.25) is 0 Å². The number of aromatic amines is 3. The third-order valence-electron chi connectivity index (χ3n) is 2.83. The van der Waals surface area contributed by atoms with Crippen molar-refractivity contribution in [3.05, 3.63) is 44.8 Å². The number of nitrogens with one attached hydrogen (secondary N) is 4. The summed E-state index contributed by atoms with van der Waals surface area (Å²) in [4.78, 5) is 24.0. The maximum atomic E-state index is 11.2. The summed E-state index contributed by atoms with van der Waals surface area (Å²) in [7, 11) is 0. The highest BCUT2D eigenvalue weighted by Crippen LogP contribution is 2.26. The van der Waals surface area contributed by atoms with Gasteiger partial charge in [0.15, 0.2) is 0 Å². The van der Waals surface area contributed by atoms with Crippen molar-refractivity contribution in [3.8, 4) is 0 Å². The number of hydrogen-bond donors (Lipinski definition) is 4. The monoisotopic (exact) mass is 321 g/mol. The summed E-state index contributed by atoms with van der Waals surface area (Å²) in [5.41, 5.74) is 3.27. The first kappa shape index (κ1) is 12.0. The Kier molecular flexibility index (Phi) is 2.90. The van der Waals surface area contributed by atoms with Gasteiger partial charge in [0.1, 0.15) is 5.82 Å². The lowest BCUT2D eigenvalue weighted by atomic mass is 10.2. The van der Waals surface area contributed by atoms with E-state index in [1.54, 1.807) is 6.20 Å². The molecule has 0 spiro atoms. The van der Waals surface area contributed by atoms with E-state index in [-0.39, 0.29) is 5.69 Å². The molecule has 0 aliphatic heterocycles. The van der Waals surface area contributed by atoms with Crippen LogP contribution >= 0.6 is 15.9 Å². The number of anilines is 1. The zero-order chi connectivity index (χ0) is 13.4. The fourth-order valence-corrected chi connectivity index (χ4v) is 2.43. The van der Waals surface area contributed by atoms with Crippen LogP contribution in [0.3, 0.4) is 0 Å². The van der Waals surface area contributed by atoms with Crippen molar-refractivity contribution in [2.75, 3.05) is 5.32 Å². The summed E-state index contributed by atoms with van der Waals surface area (Å²) in [5.74, 6) is 0.890. The van der Waals surface area contributed by atoms with Gasteiger partial charge in [0.25, 0.3) is 0 Å². The summed E-state index contributed by atoms with van der Waals surface area (Å²) in [6, 6.07) is 3.76. The highest BCUT2D eigenvalue weighted by atomic mass is 79.9. The van der Waals surface area contributed by atoms with Crippen LogP contribution in [0.25, 0.3) is 11.0 Å². The highest BCUT2D eigenvalue weighted by Gasteiger charge is 2.06. The molecule has 19 heavy (non-hydrogen) atoms. The van der Waals surface area contributed by atoms with E-state index in [0.29, 0.717) is 6.54 Å². The number of aromatic nitrogens is 4. The Hall–Kier alpha value is -2.02. The van der Waals surface area contributed by atoms with Gasteiger partial charge in [-0.05, 0) is 35.0 Å². The number of hydrogen-bond acceptors (Lipinski definition) is 3. The Balaban J connectivity index is 1.87. The summed E-state index contributed by atoms with van der Waals surface area (Å²) in [6.45, 7) is 2.55. The third-order valence-corrected chi connectivity index (χ3v) is 3.48. The zero-order valence-corrected chi connectivity index (χ0v) is 11.8. The van der Waals surface area contributed by atoms with Crippen molar-refractivity contribution in [1.29, 1.82) is 0 Å². The van der Waals surface area contributed by atoms with Crippen molar-refractivity contribution < 1.29 is 0 Å². The topological polar surface area (TPSA) is 89.4 Å². The SMILES string of the molecule is Cc1ncc(CNc2cc3[nH]c(=O)[nH]c3cc2Br)[nH]1. The van der Waals surface area contributed by atoms with Crippen molar-refractivity contribution >= 4 is 32.7 Å². The van der Waals surface area contributed by atoms with Gasteiger partial charge in [-0.3, -0.25) is 0 Å². The van der Waals surface area contributed by atoms with Crippen molar-refractivity contribution in [2.45, 2.75) is 13.5 Å². The first-order valence-electron chi connectivity index (χ1n) is 5.78. The lowest BCUT2D eigenvalue weighted by Gasteiger charge is -2.07. The molecular weight excluding hydrogens is 310 g/mol. The smallest absolute Gasteiger partial charge is 0.323 e. The molecule has 0 atom stereocenters. The van der Waals surface area contributed by atoms with Gasteiger partial charge in [0, 0.05) is 4.47 Å². The van der Waals surface area contributed by atoms with E-state index in [0.717, 1.165) is 32.7 Å². The van der Waals surface area contributed by atoms with E-state index >= 15 is 0 Å². The molecule has 98 valence electrons. The molecule has 2 heterocycles. The van der Waals surface area contributed by atoms with Gasteiger partial charge < -0.3 is 20.3 Å². The predicted molar refractivity (Wildman–Crippen MR) is 77.3 cm³/mol. The lowest BCUT2D eigenvalue weighted by molar-refractivity contribution is 1.05. The molecule has 3 rings (SSSR count). The molecule has 2 aromatic heterocycles. The van der Waals surface area contributed by atoms with Crippen LogP contribution in [0.2, 0.25) is 0 Å². The van der Waals surface area contributed by atoms with Crippen molar-refractivity contribution in [2.24, 2.45) is 0 Å². The second kappa shape index (κ2) is 4.58. The Labute approximate surface area is 116 Å². The molecule has 0 bridgehead atoms. The molecule has 0 saturated carbocycles. The first-order valence-corrected chi connectivity index (χ1v) is 6.57. The first-order chi connectivity index (χ1) is 9.11. The van der Waals surface area contributed by atoms with Crippen molar-refractivity contribution in [1.82, 2.24) is 19.9 Å². The number of fused-ring (bicyclic) bond motifs is 1. The number of nitrogens with zero attached hydrogens (tertiary/aromatic N) is 1. The molecule has 7 heteroatoms. The molecule has 0 radical (unpaired) electrons. The van der Waals surface area contributed by atoms with Gasteiger partial charge >= 0.3 is 5.69 Å². The number of rotatable bonds is 3. The number of imidazole rings is 2.